The molecule has 0 saturated heterocycles. The highest BCUT2D eigenvalue weighted by molar-refractivity contribution is 5.54. The number of methoxy groups -OCH3 is 3. The second-order valence-electron chi connectivity index (χ2n) is 4.72. The van der Waals surface area contributed by atoms with Crippen molar-refractivity contribution >= 4 is 0 Å². The van der Waals surface area contributed by atoms with E-state index in [0.29, 0.717) is 23.2 Å². The van der Waals surface area contributed by atoms with E-state index in [-0.39, 0.29) is 0 Å². The van der Waals surface area contributed by atoms with Gasteiger partial charge in [-0.15, -0.1) is 0 Å². The molecular weight excluding hydrogens is 244 g/mol. The number of hydrogen-bond acceptors (Lipinski definition) is 4. The van der Waals surface area contributed by atoms with Gasteiger partial charge in [-0.05, 0) is 30.0 Å². The van der Waals surface area contributed by atoms with E-state index in [1.54, 1.807) is 33.5 Å². The molecule has 1 N–H and O–H groups in total. The Kier molecular flexibility index (Phi) is 5.96. The number of benzene rings is 1. The van der Waals surface area contributed by atoms with E-state index in [0.717, 1.165) is 18.4 Å². The van der Waals surface area contributed by atoms with Crippen molar-refractivity contribution in [3.8, 4) is 17.2 Å². The molecule has 0 fully saturated rings. The van der Waals surface area contributed by atoms with E-state index in [1.807, 2.05) is 0 Å². The number of rotatable bonds is 7. The van der Waals surface area contributed by atoms with Crippen LogP contribution in [0, 0.1) is 5.92 Å². The molecule has 1 aromatic carbocycles. The first-order chi connectivity index (χ1) is 9.07. The topological polar surface area (TPSA) is 47.9 Å². The quantitative estimate of drug-likeness (QED) is 0.825. The van der Waals surface area contributed by atoms with Gasteiger partial charge in [0.05, 0.1) is 27.4 Å². The summed E-state index contributed by atoms with van der Waals surface area (Å²) in [4.78, 5) is 0. The second-order valence-corrected chi connectivity index (χ2v) is 4.72. The average Bonchev–Trinajstić information content (AvgIpc) is 2.44. The van der Waals surface area contributed by atoms with Crippen LogP contribution < -0.4 is 14.2 Å². The van der Waals surface area contributed by atoms with E-state index in [2.05, 4.69) is 13.8 Å². The maximum atomic E-state index is 10.3. The van der Waals surface area contributed by atoms with Crippen LogP contribution in [0.1, 0.15) is 38.4 Å². The lowest BCUT2D eigenvalue weighted by Crippen LogP contribution is -2.05. The zero-order chi connectivity index (χ0) is 14.4. The lowest BCUT2D eigenvalue weighted by molar-refractivity contribution is 0.145. The molecule has 1 rings (SSSR count). The molecule has 0 aromatic heterocycles. The van der Waals surface area contributed by atoms with Gasteiger partial charge in [0.2, 0.25) is 5.75 Å². The minimum Gasteiger partial charge on any atom is -0.493 e. The molecule has 108 valence electrons. The highest BCUT2D eigenvalue weighted by Gasteiger charge is 2.18. The predicted octanol–water partition coefficient (Wildman–Crippen LogP) is 3.18. The Morgan fingerprint density at radius 3 is 1.95 bits per heavy atom. The first kappa shape index (κ1) is 15.6. The summed E-state index contributed by atoms with van der Waals surface area (Å²) < 4.78 is 15.8. The molecular formula is C15H24O4. The Labute approximate surface area is 115 Å². The molecule has 0 bridgehead atoms. The third-order valence-electron chi connectivity index (χ3n) is 3.39. The third-order valence-corrected chi connectivity index (χ3v) is 3.39. The number of aliphatic hydroxyl groups excluding tert-OH is 1. The van der Waals surface area contributed by atoms with Crippen molar-refractivity contribution in [2.45, 2.75) is 32.8 Å². The van der Waals surface area contributed by atoms with Gasteiger partial charge in [-0.3, -0.25) is 0 Å². The van der Waals surface area contributed by atoms with Crippen molar-refractivity contribution in [3.05, 3.63) is 17.7 Å². The van der Waals surface area contributed by atoms with Gasteiger partial charge in [-0.25, -0.2) is 0 Å². The maximum Gasteiger partial charge on any atom is 0.203 e. The molecule has 0 saturated carbocycles. The van der Waals surface area contributed by atoms with Crippen LogP contribution in [0.4, 0.5) is 0 Å². The molecule has 0 aliphatic carbocycles. The first-order valence-electron chi connectivity index (χ1n) is 6.55. The standard InChI is InChI=1S/C15H24O4/c1-6-10(2)7-12(16)11-8-13(17-3)15(19-5)14(9-11)18-4/h8-10,12,16H,6-7H2,1-5H3. The fourth-order valence-electron chi connectivity index (χ4n) is 1.98. The molecule has 1 aromatic rings. The summed E-state index contributed by atoms with van der Waals surface area (Å²) >= 11 is 0. The smallest absolute Gasteiger partial charge is 0.203 e. The summed E-state index contributed by atoms with van der Waals surface area (Å²) in [5, 5.41) is 10.3. The van der Waals surface area contributed by atoms with E-state index in [4.69, 9.17) is 14.2 Å². The van der Waals surface area contributed by atoms with Gasteiger partial charge in [-0.2, -0.15) is 0 Å². The van der Waals surface area contributed by atoms with Crippen molar-refractivity contribution < 1.29 is 19.3 Å². The van der Waals surface area contributed by atoms with Gasteiger partial charge >= 0.3 is 0 Å². The fraction of sp³-hybridized carbons (Fsp3) is 0.600. The summed E-state index contributed by atoms with van der Waals surface area (Å²) in [6.45, 7) is 4.24. The van der Waals surface area contributed by atoms with Crippen molar-refractivity contribution in [2.75, 3.05) is 21.3 Å². The Hall–Kier alpha value is -1.42. The third kappa shape index (κ3) is 3.77. The lowest BCUT2D eigenvalue weighted by Gasteiger charge is -2.19. The zero-order valence-electron chi connectivity index (χ0n) is 12.4. The lowest BCUT2D eigenvalue weighted by atomic mass is 9.96. The largest absolute Gasteiger partial charge is 0.493 e. The molecule has 19 heavy (non-hydrogen) atoms. The van der Waals surface area contributed by atoms with Gasteiger partial charge < -0.3 is 19.3 Å². The Morgan fingerprint density at radius 2 is 1.58 bits per heavy atom. The van der Waals surface area contributed by atoms with Gasteiger partial charge in [0.1, 0.15) is 0 Å². The SMILES string of the molecule is CCC(C)CC(O)c1cc(OC)c(OC)c(OC)c1. The molecule has 4 nitrogen and oxygen atoms in total. The van der Waals surface area contributed by atoms with Gasteiger partial charge in [0.25, 0.3) is 0 Å². The van der Waals surface area contributed by atoms with Gasteiger partial charge in [0, 0.05) is 0 Å². The summed E-state index contributed by atoms with van der Waals surface area (Å²) in [6.07, 6.45) is 1.24. The first-order valence-corrected chi connectivity index (χ1v) is 6.55. The molecule has 0 radical (unpaired) electrons. The number of ether oxygens (including phenoxy) is 3. The van der Waals surface area contributed by atoms with Crippen LogP contribution >= 0.6 is 0 Å². The van der Waals surface area contributed by atoms with Crippen LogP contribution in [0.25, 0.3) is 0 Å². The minimum absolute atomic E-state index is 0.467. The van der Waals surface area contributed by atoms with Gasteiger partial charge in [0.15, 0.2) is 11.5 Å². The van der Waals surface area contributed by atoms with Crippen molar-refractivity contribution in [3.63, 3.8) is 0 Å². The minimum atomic E-state index is -0.524. The fourth-order valence-corrected chi connectivity index (χ4v) is 1.98. The van der Waals surface area contributed by atoms with Crippen molar-refractivity contribution in [1.82, 2.24) is 0 Å². The molecule has 0 spiro atoms. The maximum absolute atomic E-state index is 10.3. The molecule has 2 atom stereocenters. The summed E-state index contributed by atoms with van der Waals surface area (Å²) in [5.41, 5.74) is 0.787. The molecule has 0 aliphatic heterocycles. The molecule has 4 heteroatoms. The second kappa shape index (κ2) is 7.24. The van der Waals surface area contributed by atoms with Crippen LogP contribution in [-0.4, -0.2) is 26.4 Å². The summed E-state index contributed by atoms with van der Waals surface area (Å²) in [7, 11) is 4.71. The molecule has 0 heterocycles. The molecule has 2 unspecified atom stereocenters. The normalized spacial score (nSPS) is 13.8. The average molecular weight is 268 g/mol. The zero-order valence-corrected chi connectivity index (χ0v) is 12.4. The van der Waals surface area contributed by atoms with Crippen LogP contribution in [0.3, 0.4) is 0 Å². The molecule has 0 aliphatic rings. The Morgan fingerprint density at radius 1 is 1.05 bits per heavy atom. The van der Waals surface area contributed by atoms with Gasteiger partial charge in [-0.1, -0.05) is 20.3 Å². The van der Waals surface area contributed by atoms with E-state index < -0.39 is 6.10 Å². The summed E-state index contributed by atoms with van der Waals surface area (Å²) in [5.74, 6) is 2.15. The van der Waals surface area contributed by atoms with Crippen LogP contribution in [0.5, 0.6) is 17.2 Å². The van der Waals surface area contributed by atoms with E-state index >= 15 is 0 Å². The predicted molar refractivity (Wildman–Crippen MR) is 75.1 cm³/mol. The van der Waals surface area contributed by atoms with Crippen LogP contribution in [0.2, 0.25) is 0 Å². The van der Waals surface area contributed by atoms with Crippen molar-refractivity contribution in [2.24, 2.45) is 5.92 Å². The summed E-state index contributed by atoms with van der Waals surface area (Å²) in [6, 6.07) is 3.60. The Bertz CT molecular complexity index is 378. The van der Waals surface area contributed by atoms with E-state index in [9.17, 15) is 5.11 Å². The number of hydrogen-bond donors (Lipinski definition) is 1. The van der Waals surface area contributed by atoms with Crippen LogP contribution in [0.15, 0.2) is 12.1 Å². The Balaban J connectivity index is 3.08. The number of aliphatic hydroxyl groups is 1. The monoisotopic (exact) mass is 268 g/mol. The molecule has 0 amide bonds. The van der Waals surface area contributed by atoms with Crippen molar-refractivity contribution in [1.29, 1.82) is 0 Å². The van der Waals surface area contributed by atoms with E-state index in [1.165, 1.54) is 0 Å². The highest BCUT2D eigenvalue weighted by atomic mass is 16.5. The highest BCUT2D eigenvalue weighted by Crippen LogP contribution is 2.40. The van der Waals surface area contributed by atoms with Crippen LogP contribution in [-0.2, 0) is 0 Å².